The van der Waals surface area contributed by atoms with Gasteiger partial charge in [-0.1, -0.05) is 30.3 Å². The Hall–Kier alpha value is -5.71. The molecule has 11 heteroatoms. The lowest BCUT2D eigenvalue weighted by Crippen LogP contribution is -2.32. The molecule has 0 saturated heterocycles. The largest absolute Gasteiger partial charge is 0.457 e. The maximum Gasteiger partial charge on any atom is 0.255 e. The van der Waals surface area contributed by atoms with E-state index in [1.165, 1.54) is 0 Å². The number of rotatable bonds is 11. The maximum absolute atomic E-state index is 13.0. The Kier molecular flexibility index (Phi) is 8.38. The van der Waals surface area contributed by atoms with Crippen LogP contribution in [0.25, 0.3) is 22.4 Å². The van der Waals surface area contributed by atoms with Crippen LogP contribution >= 0.6 is 0 Å². The summed E-state index contributed by atoms with van der Waals surface area (Å²) in [7, 11) is 0. The van der Waals surface area contributed by atoms with Crippen molar-refractivity contribution in [1.82, 2.24) is 19.9 Å². The van der Waals surface area contributed by atoms with Crippen LogP contribution in [-0.2, 0) is 4.79 Å². The van der Waals surface area contributed by atoms with Crippen molar-refractivity contribution in [1.29, 1.82) is 5.41 Å². The molecule has 7 N–H and O–H groups in total. The van der Waals surface area contributed by atoms with E-state index in [0.717, 1.165) is 0 Å². The number of fused-ring (bicyclic) bond motifs is 1. The molecule has 0 fully saturated rings. The first-order valence-corrected chi connectivity index (χ1v) is 13.3. The molecule has 3 aromatic carbocycles. The summed E-state index contributed by atoms with van der Waals surface area (Å²) in [5.41, 5.74) is 14.2. The number of benzene rings is 3. The van der Waals surface area contributed by atoms with Crippen molar-refractivity contribution >= 4 is 34.5 Å². The van der Waals surface area contributed by atoms with Crippen molar-refractivity contribution in [3.05, 3.63) is 103 Å². The van der Waals surface area contributed by atoms with Crippen LogP contribution in [-0.4, -0.2) is 38.9 Å². The maximum atomic E-state index is 13.0. The normalized spacial score (nSPS) is 11.5. The number of para-hydroxylation sites is 1. The summed E-state index contributed by atoms with van der Waals surface area (Å²) in [6.45, 7) is 0.403. The molecule has 0 spiro atoms. The summed E-state index contributed by atoms with van der Waals surface area (Å²) in [6.07, 6.45) is 4.08. The molecule has 0 saturated carbocycles. The highest BCUT2D eigenvalue weighted by Gasteiger charge is 2.25. The molecule has 2 amide bonds. The molecule has 2 aromatic heterocycles. The van der Waals surface area contributed by atoms with Gasteiger partial charge in [0.05, 0.1) is 22.9 Å². The van der Waals surface area contributed by atoms with Gasteiger partial charge in [-0.2, -0.15) is 0 Å². The first-order chi connectivity index (χ1) is 20.4. The second kappa shape index (κ2) is 12.6. The number of amides is 2. The Labute approximate surface area is 242 Å². The molecule has 2 heterocycles. The quantitative estimate of drug-likeness (QED) is 0.0899. The summed E-state index contributed by atoms with van der Waals surface area (Å²) < 4.78 is 7.85. The number of carbonyl (C=O) groups is 2. The SMILES string of the molecule is N=C(N)NCCCC(C(N)=O)n1c(-c2cccc(Oc3ccccc3)c2)nc2cc(C(=O)Nc3cccnc3)ccc21. The van der Waals surface area contributed by atoms with E-state index in [1.54, 1.807) is 47.3 Å². The summed E-state index contributed by atoms with van der Waals surface area (Å²) in [5, 5.41) is 13.0. The van der Waals surface area contributed by atoms with E-state index in [-0.39, 0.29) is 11.9 Å². The standard InChI is InChI=1S/C31H30N8O3/c32-28(40)27(12-6-16-36-31(33)34)39-26-14-13-21(30(41)37-22-8-5-15-35-19-22)18-25(26)38-29(39)20-7-4-11-24(17-20)42-23-9-2-1-3-10-23/h1-5,7-11,13-15,17-19,27H,6,12,16H2,(H2,32,40)(H,37,41)(H4,33,34,36). The van der Waals surface area contributed by atoms with Crippen molar-refractivity contribution in [2.45, 2.75) is 18.9 Å². The number of aromatic nitrogens is 3. The second-order valence-corrected chi connectivity index (χ2v) is 9.55. The Morgan fingerprint density at radius 3 is 2.50 bits per heavy atom. The van der Waals surface area contributed by atoms with Gasteiger partial charge in [0, 0.05) is 23.9 Å². The van der Waals surface area contributed by atoms with E-state index < -0.39 is 11.9 Å². The van der Waals surface area contributed by atoms with Gasteiger partial charge in [0.15, 0.2) is 5.96 Å². The minimum atomic E-state index is -0.757. The molecule has 0 aliphatic heterocycles. The number of hydrogen-bond acceptors (Lipinski definition) is 6. The summed E-state index contributed by atoms with van der Waals surface area (Å²) in [6, 6.07) is 24.7. The Bertz CT molecular complexity index is 1720. The van der Waals surface area contributed by atoms with Crippen LogP contribution in [0.2, 0.25) is 0 Å². The number of pyridine rings is 1. The van der Waals surface area contributed by atoms with Gasteiger partial charge in [-0.05, 0) is 67.4 Å². The minimum Gasteiger partial charge on any atom is -0.457 e. The third-order valence-electron chi connectivity index (χ3n) is 6.55. The van der Waals surface area contributed by atoms with Gasteiger partial charge in [0.2, 0.25) is 5.91 Å². The van der Waals surface area contributed by atoms with Gasteiger partial charge >= 0.3 is 0 Å². The van der Waals surface area contributed by atoms with E-state index >= 15 is 0 Å². The zero-order chi connectivity index (χ0) is 29.5. The lowest BCUT2D eigenvalue weighted by Gasteiger charge is -2.20. The fraction of sp³-hybridized carbons (Fsp3) is 0.129. The van der Waals surface area contributed by atoms with E-state index in [4.69, 9.17) is 26.6 Å². The fourth-order valence-electron chi connectivity index (χ4n) is 4.64. The Morgan fingerprint density at radius 1 is 0.952 bits per heavy atom. The third kappa shape index (κ3) is 6.53. The van der Waals surface area contributed by atoms with Crippen LogP contribution in [0, 0.1) is 5.41 Å². The highest BCUT2D eigenvalue weighted by molar-refractivity contribution is 6.06. The van der Waals surface area contributed by atoms with E-state index in [0.29, 0.717) is 64.6 Å². The predicted molar refractivity (Wildman–Crippen MR) is 161 cm³/mol. The molecule has 1 atom stereocenters. The molecule has 212 valence electrons. The van der Waals surface area contributed by atoms with Crippen molar-refractivity contribution < 1.29 is 14.3 Å². The molecule has 0 bridgehead atoms. The van der Waals surface area contributed by atoms with Crippen molar-refractivity contribution in [3.63, 3.8) is 0 Å². The molecular weight excluding hydrogens is 532 g/mol. The molecule has 42 heavy (non-hydrogen) atoms. The number of carbonyl (C=O) groups excluding carboxylic acids is 2. The van der Waals surface area contributed by atoms with Gasteiger partial charge in [0.25, 0.3) is 5.91 Å². The number of hydrogen-bond donors (Lipinski definition) is 5. The summed E-state index contributed by atoms with van der Waals surface area (Å²) in [5.74, 6) is 0.772. The van der Waals surface area contributed by atoms with Gasteiger partial charge in [-0.25, -0.2) is 4.98 Å². The van der Waals surface area contributed by atoms with Crippen LogP contribution in [0.15, 0.2) is 97.3 Å². The molecule has 0 aliphatic carbocycles. The topological polar surface area (TPSA) is 174 Å². The number of anilines is 1. The van der Waals surface area contributed by atoms with E-state index in [9.17, 15) is 9.59 Å². The van der Waals surface area contributed by atoms with Crippen LogP contribution in [0.3, 0.4) is 0 Å². The second-order valence-electron chi connectivity index (χ2n) is 9.55. The fourth-order valence-corrected chi connectivity index (χ4v) is 4.64. The molecule has 5 rings (SSSR count). The zero-order valence-electron chi connectivity index (χ0n) is 22.7. The highest BCUT2D eigenvalue weighted by atomic mass is 16.5. The summed E-state index contributed by atoms with van der Waals surface area (Å²) in [4.78, 5) is 34.8. The average Bonchev–Trinajstić information content (AvgIpc) is 3.36. The average molecular weight is 563 g/mol. The lowest BCUT2D eigenvalue weighted by atomic mass is 10.1. The first-order valence-electron chi connectivity index (χ1n) is 13.3. The van der Waals surface area contributed by atoms with Crippen molar-refractivity contribution in [2.24, 2.45) is 11.5 Å². The molecule has 0 aliphatic rings. The van der Waals surface area contributed by atoms with Crippen LogP contribution in [0.1, 0.15) is 29.2 Å². The van der Waals surface area contributed by atoms with Crippen molar-refractivity contribution in [2.75, 3.05) is 11.9 Å². The lowest BCUT2D eigenvalue weighted by molar-refractivity contribution is -0.121. The number of nitrogens with two attached hydrogens (primary N) is 2. The van der Waals surface area contributed by atoms with Gasteiger partial charge in [0.1, 0.15) is 23.4 Å². The minimum absolute atomic E-state index is 0.147. The number of imidazole rings is 1. The van der Waals surface area contributed by atoms with E-state index in [1.807, 2.05) is 54.6 Å². The zero-order valence-corrected chi connectivity index (χ0v) is 22.7. The van der Waals surface area contributed by atoms with Gasteiger partial charge < -0.3 is 31.4 Å². The monoisotopic (exact) mass is 562 g/mol. The first kappa shape index (κ1) is 27.8. The van der Waals surface area contributed by atoms with Gasteiger partial charge in [-0.15, -0.1) is 0 Å². The molecule has 11 nitrogen and oxygen atoms in total. The number of primary amides is 1. The molecular formula is C31H30N8O3. The third-order valence-corrected chi connectivity index (χ3v) is 6.55. The number of nitrogens with zero attached hydrogens (tertiary/aromatic N) is 3. The predicted octanol–water partition coefficient (Wildman–Crippen LogP) is 4.43. The summed E-state index contributed by atoms with van der Waals surface area (Å²) >= 11 is 0. The molecule has 1 unspecified atom stereocenters. The van der Waals surface area contributed by atoms with E-state index in [2.05, 4.69) is 15.6 Å². The molecule has 5 aromatic rings. The number of guanidine groups is 1. The number of nitrogens with one attached hydrogen (secondary N) is 3. The number of ether oxygens (including phenoxy) is 1. The highest BCUT2D eigenvalue weighted by Crippen LogP contribution is 2.33. The van der Waals surface area contributed by atoms with Crippen molar-refractivity contribution in [3.8, 4) is 22.9 Å². The van der Waals surface area contributed by atoms with Gasteiger partial charge in [-0.3, -0.25) is 20.0 Å². The smallest absolute Gasteiger partial charge is 0.255 e. The molecule has 0 radical (unpaired) electrons. The Morgan fingerprint density at radius 2 is 1.76 bits per heavy atom. The Balaban J connectivity index is 1.55. The van der Waals surface area contributed by atoms with Crippen LogP contribution in [0.5, 0.6) is 11.5 Å². The van der Waals surface area contributed by atoms with Crippen LogP contribution in [0.4, 0.5) is 5.69 Å². The van der Waals surface area contributed by atoms with Crippen LogP contribution < -0.4 is 26.8 Å².